The van der Waals surface area contributed by atoms with E-state index in [9.17, 15) is 4.79 Å². The molecule has 0 N–H and O–H groups in total. The second-order valence-corrected chi connectivity index (χ2v) is 2.85. The third kappa shape index (κ3) is 1.18. The van der Waals surface area contributed by atoms with Crippen LogP contribution in [0.25, 0.3) is 5.52 Å². The van der Waals surface area contributed by atoms with Crippen molar-refractivity contribution >= 4 is 12.0 Å². The molecule has 0 fully saturated rings. The molecule has 0 radical (unpaired) electrons. The van der Waals surface area contributed by atoms with Gasteiger partial charge >= 0.3 is 0 Å². The van der Waals surface area contributed by atoms with E-state index in [4.69, 9.17) is 4.74 Å². The number of hydrogen-bond acceptors (Lipinski definition) is 2. The summed E-state index contributed by atoms with van der Waals surface area (Å²) in [5, 5.41) is 0. The third-order valence-corrected chi connectivity index (χ3v) is 1.98. The van der Waals surface area contributed by atoms with Gasteiger partial charge in [0.25, 0.3) is 6.47 Å². The molecule has 0 bridgehead atoms. The summed E-state index contributed by atoms with van der Waals surface area (Å²) < 4.78 is 6.81. The molecule has 2 aromatic rings. The number of aromatic nitrogens is 1. The highest BCUT2D eigenvalue weighted by atomic mass is 16.5. The Hall–Kier alpha value is -1.77. The van der Waals surface area contributed by atoms with Gasteiger partial charge in [0.1, 0.15) is 0 Å². The standard InChI is InChI=1S/C10H9NO2/c1-8-6-11-5-3-2-4-9(11)10(8)13-7-12/h2-7H,1H3. The Kier molecular flexibility index (Phi) is 1.77. The lowest BCUT2D eigenvalue weighted by Crippen LogP contribution is -1.89. The van der Waals surface area contributed by atoms with E-state index in [0.717, 1.165) is 11.1 Å². The van der Waals surface area contributed by atoms with Gasteiger partial charge in [-0.15, -0.1) is 0 Å². The largest absolute Gasteiger partial charge is 0.426 e. The lowest BCUT2D eigenvalue weighted by molar-refractivity contribution is -0.120. The van der Waals surface area contributed by atoms with E-state index in [1.165, 1.54) is 0 Å². The van der Waals surface area contributed by atoms with Crippen molar-refractivity contribution in [2.45, 2.75) is 6.92 Å². The Morgan fingerprint density at radius 3 is 3.08 bits per heavy atom. The first-order valence-electron chi connectivity index (χ1n) is 3.99. The van der Waals surface area contributed by atoms with Gasteiger partial charge in [-0.05, 0) is 19.1 Å². The maximum absolute atomic E-state index is 10.2. The molecule has 0 saturated carbocycles. The van der Waals surface area contributed by atoms with Gasteiger partial charge in [0.15, 0.2) is 5.75 Å². The molecule has 3 heteroatoms. The fourth-order valence-electron chi connectivity index (χ4n) is 1.43. The van der Waals surface area contributed by atoms with Gasteiger partial charge in [-0.1, -0.05) is 6.07 Å². The molecular formula is C10H9NO2. The molecule has 0 aliphatic heterocycles. The van der Waals surface area contributed by atoms with Gasteiger partial charge in [-0.3, -0.25) is 4.79 Å². The van der Waals surface area contributed by atoms with Crippen LogP contribution in [0.15, 0.2) is 30.6 Å². The normalized spacial score (nSPS) is 10.2. The Labute approximate surface area is 75.6 Å². The zero-order chi connectivity index (χ0) is 9.26. The molecule has 0 saturated heterocycles. The van der Waals surface area contributed by atoms with Crippen LogP contribution in [-0.2, 0) is 4.79 Å². The minimum Gasteiger partial charge on any atom is -0.426 e. The number of hydrogen-bond donors (Lipinski definition) is 0. The van der Waals surface area contributed by atoms with Crippen LogP contribution in [-0.4, -0.2) is 10.9 Å². The second-order valence-electron chi connectivity index (χ2n) is 2.85. The van der Waals surface area contributed by atoms with Crippen LogP contribution in [0, 0.1) is 6.92 Å². The number of pyridine rings is 1. The average Bonchev–Trinajstić information content (AvgIpc) is 2.44. The minimum atomic E-state index is 0.454. The predicted molar refractivity (Wildman–Crippen MR) is 48.8 cm³/mol. The van der Waals surface area contributed by atoms with Crippen molar-refractivity contribution in [2.75, 3.05) is 0 Å². The number of ether oxygens (including phenoxy) is 1. The highest BCUT2D eigenvalue weighted by Gasteiger charge is 2.06. The maximum atomic E-state index is 10.2. The topological polar surface area (TPSA) is 30.7 Å². The van der Waals surface area contributed by atoms with E-state index in [0.29, 0.717) is 12.2 Å². The number of rotatable bonds is 2. The molecule has 13 heavy (non-hydrogen) atoms. The summed E-state index contributed by atoms with van der Waals surface area (Å²) in [4.78, 5) is 10.2. The molecule has 2 heterocycles. The fraction of sp³-hybridized carbons (Fsp3) is 0.100. The first-order chi connectivity index (χ1) is 6.33. The van der Waals surface area contributed by atoms with Gasteiger partial charge in [-0.2, -0.15) is 0 Å². The van der Waals surface area contributed by atoms with Crippen molar-refractivity contribution < 1.29 is 9.53 Å². The molecule has 0 aliphatic rings. The number of carbonyl (C=O) groups excluding carboxylic acids is 1. The first-order valence-corrected chi connectivity index (χ1v) is 3.99. The summed E-state index contributed by atoms with van der Waals surface area (Å²) in [6, 6.07) is 5.75. The smallest absolute Gasteiger partial charge is 0.298 e. The lowest BCUT2D eigenvalue weighted by atomic mass is 10.3. The van der Waals surface area contributed by atoms with Crippen LogP contribution in [0.5, 0.6) is 5.75 Å². The van der Waals surface area contributed by atoms with E-state index >= 15 is 0 Å². The molecule has 0 aromatic carbocycles. The van der Waals surface area contributed by atoms with Gasteiger partial charge in [0.05, 0.1) is 5.52 Å². The van der Waals surface area contributed by atoms with Gasteiger partial charge < -0.3 is 9.14 Å². The summed E-state index contributed by atoms with van der Waals surface area (Å²) in [7, 11) is 0. The van der Waals surface area contributed by atoms with Crippen molar-refractivity contribution in [3.63, 3.8) is 0 Å². The summed E-state index contributed by atoms with van der Waals surface area (Å²) >= 11 is 0. The number of carbonyl (C=O) groups is 1. The van der Waals surface area contributed by atoms with Crippen LogP contribution >= 0.6 is 0 Å². The number of fused-ring (bicyclic) bond motifs is 1. The van der Waals surface area contributed by atoms with E-state index < -0.39 is 0 Å². The van der Waals surface area contributed by atoms with Crippen LogP contribution in [0.1, 0.15) is 5.56 Å². The van der Waals surface area contributed by atoms with E-state index in [-0.39, 0.29) is 0 Å². The predicted octanol–water partition coefficient (Wildman–Crippen LogP) is 1.78. The molecule has 0 amide bonds. The Morgan fingerprint density at radius 2 is 2.31 bits per heavy atom. The summed E-state index contributed by atoms with van der Waals surface area (Å²) in [5.74, 6) is 0.635. The zero-order valence-corrected chi connectivity index (χ0v) is 7.23. The number of nitrogens with zero attached hydrogens (tertiary/aromatic N) is 1. The molecule has 66 valence electrons. The highest BCUT2D eigenvalue weighted by Crippen LogP contribution is 2.25. The Morgan fingerprint density at radius 1 is 1.46 bits per heavy atom. The van der Waals surface area contributed by atoms with Crippen LogP contribution in [0.4, 0.5) is 0 Å². The zero-order valence-electron chi connectivity index (χ0n) is 7.23. The van der Waals surface area contributed by atoms with E-state index in [1.54, 1.807) is 0 Å². The maximum Gasteiger partial charge on any atom is 0.298 e. The van der Waals surface area contributed by atoms with E-state index in [2.05, 4.69) is 0 Å². The highest BCUT2D eigenvalue weighted by molar-refractivity contribution is 5.67. The fourth-order valence-corrected chi connectivity index (χ4v) is 1.43. The van der Waals surface area contributed by atoms with Crippen LogP contribution in [0.2, 0.25) is 0 Å². The Balaban J connectivity index is 2.70. The third-order valence-electron chi connectivity index (χ3n) is 1.98. The molecular weight excluding hydrogens is 166 g/mol. The lowest BCUT2D eigenvalue weighted by Gasteiger charge is -1.96. The summed E-state index contributed by atoms with van der Waals surface area (Å²) in [6.45, 7) is 2.36. The minimum absolute atomic E-state index is 0.454. The SMILES string of the molecule is Cc1cn2ccccc2c1OC=O. The van der Waals surface area contributed by atoms with E-state index in [1.807, 2.05) is 41.9 Å². The molecule has 0 unspecified atom stereocenters. The molecule has 0 atom stereocenters. The monoisotopic (exact) mass is 175 g/mol. The van der Waals surface area contributed by atoms with Gasteiger partial charge in [0.2, 0.25) is 0 Å². The summed E-state index contributed by atoms with van der Waals surface area (Å²) in [5.41, 5.74) is 1.87. The number of aryl methyl sites for hydroxylation is 1. The Bertz CT molecular complexity index is 445. The van der Waals surface area contributed by atoms with Crippen LogP contribution < -0.4 is 4.74 Å². The van der Waals surface area contributed by atoms with Gasteiger partial charge in [-0.25, -0.2) is 0 Å². The van der Waals surface area contributed by atoms with Crippen molar-refractivity contribution in [3.05, 3.63) is 36.2 Å². The molecule has 2 aromatic heterocycles. The van der Waals surface area contributed by atoms with Crippen molar-refractivity contribution in [2.24, 2.45) is 0 Å². The van der Waals surface area contributed by atoms with Crippen molar-refractivity contribution in [1.82, 2.24) is 4.40 Å². The molecule has 0 aliphatic carbocycles. The summed E-state index contributed by atoms with van der Waals surface area (Å²) in [6.07, 6.45) is 3.84. The molecule has 3 nitrogen and oxygen atoms in total. The quantitative estimate of drug-likeness (QED) is 0.651. The van der Waals surface area contributed by atoms with Crippen molar-refractivity contribution in [3.8, 4) is 5.75 Å². The van der Waals surface area contributed by atoms with Crippen molar-refractivity contribution in [1.29, 1.82) is 0 Å². The molecule has 2 rings (SSSR count). The first kappa shape index (κ1) is 7.86. The van der Waals surface area contributed by atoms with Crippen LogP contribution in [0.3, 0.4) is 0 Å². The second kappa shape index (κ2) is 2.94. The van der Waals surface area contributed by atoms with Gasteiger partial charge in [0, 0.05) is 18.0 Å². The molecule has 0 spiro atoms. The average molecular weight is 175 g/mol.